The molecular weight excluding hydrogens is 358 g/mol. The summed E-state index contributed by atoms with van der Waals surface area (Å²) in [5.74, 6) is -1.53. The van der Waals surface area contributed by atoms with Crippen molar-refractivity contribution >= 4 is 17.5 Å². The number of rotatable bonds is 4. The monoisotopic (exact) mass is 374 g/mol. The summed E-state index contributed by atoms with van der Waals surface area (Å²) in [4.78, 5) is 26.2. The highest BCUT2D eigenvalue weighted by atomic mass is 19.1. The molecule has 2 aliphatic rings. The molecule has 1 fully saturated rings. The van der Waals surface area contributed by atoms with Crippen LogP contribution in [0.25, 0.3) is 0 Å². The van der Waals surface area contributed by atoms with E-state index in [1.165, 1.54) is 0 Å². The van der Waals surface area contributed by atoms with E-state index in [1.807, 2.05) is 6.07 Å². The standard InChI is InChI=1S/C19H16F2N2O4/c20-13-2-3-15(14(21)7-13)22-19(25)12-6-18(24)23(9-12)8-11-1-4-16-17(5-11)27-10-26-16/h1-5,7,12H,6,8-10H2,(H,22,25). The molecule has 0 spiro atoms. The van der Waals surface area contributed by atoms with Crippen molar-refractivity contribution in [2.24, 2.45) is 5.92 Å². The van der Waals surface area contributed by atoms with E-state index in [4.69, 9.17) is 9.47 Å². The molecule has 0 bridgehead atoms. The molecule has 6 nitrogen and oxygen atoms in total. The van der Waals surface area contributed by atoms with Crippen molar-refractivity contribution in [1.29, 1.82) is 0 Å². The first-order chi connectivity index (χ1) is 13.0. The molecule has 0 saturated carbocycles. The molecule has 8 heteroatoms. The third-order valence-corrected chi connectivity index (χ3v) is 4.58. The van der Waals surface area contributed by atoms with Crippen molar-refractivity contribution in [3.63, 3.8) is 0 Å². The summed E-state index contributed by atoms with van der Waals surface area (Å²) in [6, 6.07) is 8.33. The Balaban J connectivity index is 1.40. The minimum Gasteiger partial charge on any atom is -0.454 e. The number of hydrogen-bond acceptors (Lipinski definition) is 4. The minimum absolute atomic E-state index is 0.0409. The van der Waals surface area contributed by atoms with E-state index < -0.39 is 23.5 Å². The van der Waals surface area contributed by atoms with Crippen LogP contribution < -0.4 is 14.8 Å². The minimum atomic E-state index is -0.857. The largest absolute Gasteiger partial charge is 0.454 e. The van der Waals surface area contributed by atoms with Gasteiger partial charge in [-0.15, -0.1) is 0 Å². The van der Waals surface area contributed by atoms with Crippen LogP contribution in [0, 0.1) is 17.6 Å². The Hall–Kier alpha value is -3.16. The maximum atomic E-state index is 13.7. The molecule has 1 saturated heterocycles. The van der Waals surface area contributed by atoms with Crippen molar-refractivity contribution in [3.8, 4) is 11.5 Å². The number of fused-ring (bicyclic) bond motifs is 1. The third-order valence-electron chi connectivity index (χ3n) is 4.58. The predicted octanol–water partition coefficient (Wildman–Crippen LogP) is 2.68. The van der Waals surface area contributed by atoms with E-state index in [1.54, 1.807) is 17.0 Å². The van der Waals surface area contributed by atoms with Crippen molar-refractivity contribution in [3.05, 3.63) is 53.6 Å². The molecule has 0 aromatic heterocycles. The van der Waals surface area contributed by atoms with Gasteiger partial charge in [-0.2, -0.15) is 0 Å². The van der Waals surface area contributed by atoms with Gasteiger partial charge in [-0.1, -0.05) is 6.07 Å². The smallest absolute Gasteiger partial charge is 0.231 e. The quantitative estimate of drug-likeness (QED) is 0.894. The molecule has 2 aromatic carbocycles. The van der Waals surface area contributed by atoms with Crippen molar-refractivity contribution < 1.29 is 27.8 Å². The van der Waals surface area contributed by atoms with Gasteiger partial charge in [-0.3, -0.25) is 9.59 Å². The number of ether oxygens (including phenoxy) is 2. The van der Waals surface area contributed by atoms with Crippen LogP contribution in [0.4, 0.5) is 14.5 Å². The summed E-state index contributed by atoms with van der Waals surface area (Å²) < 4.78 is 37.2. The molecule has 0 radical (unpaired) electrons. The third kappa shape index (κ3) is 3.55. The van der Waals surface area contributed by atoms with Gasteiger partial charge in [0, 0.05) is 25.6 Å². The Labute approximate surface area is 153 Å². The highest BCUT2D eigenvalue weighted by Crippen LogP contribution is 2.33. The van der Waals surface area contributed by atoms with Gasteiger partial charge in [-0.25, -0.2) is 8.78 Å². The lowest BCUT2D eigenvalue weighted by molar-refractivity contribution is -0.128. The number of halogens is 2. The number of nitrogens with zero attached hydrogens (tertiary/aromatic N) is 1. The summed E-state index contributed by atoms with van der Waals surface area (Å²) >= 11 is 0. The van der Waals surface area contributed by atoms with Gasteiger partial charge < -0.3 is 19.7 Å². The Kier molecular flexibility index (Phi) is 4.39. The molecule has 2 heterocycles. The van der Waals surface area contributed by atoms with Crippen molar-refractivity contribution in [2.45, 2.75) is 13.0 Å². The number of carbonyl (C=O) groups is 2. The van der Waals surface area contributed by atoms with Crippen LogP contribution in [-0.4, -0.2) is 30.1 Å². The van der Waals surface area contributed by atoms with Gasteiger partial charge in [0.25, 0.3) is 0 Å². The molecule has 1 atom stereocenters. The van der Waals surface area contributed by atoms with Crippen LogP contribution in [0.1, 0.15) is 12.0 Å². The van der Waals surface area contributed by atoms with Gasteiger partial charge in [0.2, 0.25) is 18.6 Å². The second-order valence-electron chi connectivity index (χ2n) is 6.48. The highest BCUT2D eigenvalue weighted by molar-refractivity contribution is 5.97. The van der Waals surface area contributed by atoms with E-state index in [9.17, 15) is 18.4 Å². The molecule has 2 amide bonds. The highest BCUT2D eigenvalue weighted by Gasteiger charge is 2.34. The number of amides is 2. The summed E-state index contributed by atoms with van der Waals surface area (Å²) in [5, 5.41) is 2.42. The fraction of sp³-hybridized carbons (Fsp3) is 0.263. The molecule has 2 aliphatic heterocycles. The summed E-state index contributed by atoms with van der Waals surface area (Å²) in [5.41, 5.74) is 0.751. The summed E-state index contributed by atoms with van der Waals surface area (Å²) in [6.07, 6.45) is 0.0409. The normalized spacial score (nSPS) is 18.1. The topological polar surface area (TPSA) is 67.9 Å². The average molecular weight is 374 g/mol. The van der Waals surface area contributed by atoms with Gasteiger partial charge in [0.15, 0.2) is 11.5 Å². The molecule has 27 heavy (non-hydrogen) atoms. The van der Waals surface area contributed by atoms with Gasteiger partial charge in [0.05, 0.1) is 11.6 Å². The lowest BCUT2D eigenvalue weighted by Crippen LogP contribution is -2.28. The molecule has 4 rings (SSSR count). The zero-order chi connectivity index (χ0) is 19.0. The van der Waals surface area contributed by atoms with E-state index in [0.717, 1.165) is 17.7 Å². The average Bonchev–Trinajstić information content (AvgIpc) is 3.24. The number of benzene rings is 2. The summed E-state index contributed by atoms with van der Waals surface area (Å²) in [7, 11) is 0. The van der Waals surface area contributed by atoms with Crippen molar-refractivity contribution in [2.75, 3.05) is 18.7 Å². The Morgan fingerprint density at radius 3 is 2.78 bits per heavy atom. The van der Waals surface area contributed by atoms with Crippen LogP contribution in [0.15, 0.2) is 36.4 Å². The first-order valence-corrected chi connectivity index (χ1v) is 8.42. The fourth-order valence-electron chi connectivity index (χ4n) is 3.19. The molecule has 1 unspecified atom stereocenters. The van der Waals surface area contributed by atoms with Crippen molar-refractivity contribution in [1.82, 2.24) is 4.90 Å². The predicted molar refractivity (Wildman–Crippen MR) is 91.1 cm³/mol. The number of anilines is 1. The Morgan fingerprint density at radius 1 is 1.15 bits per heavy atom. The lowest BCUT2D eigenvalue weighted by Gasteiger charge is -2.17. The van der Waals surface area contributed by atoms with Gasteiger partial charge >= 0.3 is 0 Å². The lowest BCUT2D eigenvalue weighted by atomic mass is 10.1. The fourth-order valence-corrected chi connectivity index (χ4v) is 3.19. The number of nitrogens with one attached hydrogen (secondary N) is 1. The van der Waals surface area contributed by atoms with E-state index >= 15 is 0 Å². The maximum absolute atomic E-state index is 13.7. The molecular formula is C19H16F2N2O4. The number of hydrogen-bond donors (Lipinski definition) is 1. The number of carbonyl (C=O) groups excluding carboxylic acids is 2. The van der Waals surface area contributed by atoms with E-state index in [-0.39, 0.29) is 31.4 Å². The van der Waals surface area contributed by atoms with Crippen LogP contribution in [-0.2, 0) is 16.1 Å². The molecule has 0 aliphatic carbocycles. The maximum Gasteiger partial charge on any atom is 0.231 e. The first-order valence-electron chi connectivity index (χ1n) is 8.42. The van der Waals surface area contributed by atoms with E-state index in [2.05, 4.69) is 5.32 Å². The van der Waals surface area contributed by atoms with Gasteiger partial charge in [0.1, 0.15) is 11.6 Å². The second kappa shape index (κ2) is 6.86. The molecule has 140 valence electrons. The number of likely N-dealkylation sites (tertiary alicyclic amines) is 1. The van der Waals surface area contributed by atoms with Crippen LogP contribution in [0.2, 0.25) is 0 Å². The summed E-state index contributed by atoms with van der Waals surface area (Å²) in [6.45, 7) is 0.732. The molecule has 2 aromatic rings. The second-order valence-corrected chi connectivity index (χ2v) is 6.48. The van der Waals surface area contributed by atoms with E-state index in [0.29, 0.717) is 24.1 Å². The first kappa shape index (κ1) is 17.3. The van der Waals surface area contributed by atoms with Crippen LogP contribution in [0.3, 0.4) is 0 Å². The Morgan fingerprint density at radius 2 is 1.96 bits per heavy atom. The molecule has 1 N–H and O–H groups in total. The SMILES string of the molecule is O=C(Nc1ccc(F)cc1F)C1CC(=O)N(Cc2ccc3c(c2)OCO3)C1. The van der Waals surface area contributed by atoms with Gasteiger partial charge in [-0.05, 0) is 29.8 Å². The Bertz CT molecular complexity index is 919. The zero-order valence-electron chi connectivity index (χ0n) is 14.2. The van der Waals surface area contributed by atoms with Crippen LogP contribution in [0.5, 0.6) is 11.5 Å². The van der Waals surface area contributed by atoms with Crippen LogP contribution >= 0.6 is 0 Å². The zero-order valence-corrected chi connectivity index (χ0v) is 14.2.